The predicted octanol–water partition coefficient (Wildman–Crippen LogP) is 1.96. The second-order valence-electron chi connectivity index (χ2n) is 3.77. The van der Waals surface area contributed by atoms with Gasteiger partial charge in [0.1, 0.15) is 12.5 Å². The van der Waals surface area contributed by atoms with Gasteiger partial charge < -0.3 is 4.79 Å². The zero-order valence-electron chi connectivity index (χ0n) is 6.43. The van der Waals surface area contributed by atoms with Gasteiger partial charge in [-0.2, -0.15) is 0 Å². The molecule has 0 spiro atoms. The molecular weight excluding hydrogens is 131 g/mol. The van der Waals surface area contributed by atoms with E-state index in [-0.39, 0.29) is 11.3 Å². The summed E-state index contributed by atoms with van der Waals surface area (Å²) in [5.41, 5.74) is -0.110. The van der Waals surface area contributed by atoms with Crippen molar-refractivity contribution >= 4 is 6.29 Å². The minimum atomic E-state index is -0.759. The number of aldehydes is 1. The molecule has 0 aromatic rings. The minimum absolute atomic E-state index is 0.0671. The quantitative estimate of drug-likeness (QED) is 0.514. The average Bonchev–Trinajstić information content (AvgIpc) is 2.04. The maximum Gasteiger partial charge on any atom is 0.123 e. The number of carbonyl (C=O) groups excluding carboxylic acids is 1. The Morgan fingerprint density at radius 2 is 2.20 bits per heavy atom. The first-order valence-corrected chi connectivity index (χ1v) is 3.65. The highest BCUT2D eigenvalue weighted by molar-refractivity contribution is 5.55. The fraction of sp³-hybridized carbons (Fsp3) is 0.875. The molecule has 1 rings (SSSR count). The molecular formula is C8H13FO. The fourth-order valence-corrected chi connectivity index (χ4v) is 1.64. The molecule has 1 fully saturated rings. The third-order valence-corrected chi connectivity index (χ3v) is 2.43. The molecule has 1 aliphatic carbocycles. The van der Waals surface area contributed by atoms with Crippen molar-refractivity contribution in [3.8, 4) is 0 Å². The van der Waals surface area contributed by atoms with Crippen LogP contribution in [0.3, 0.4) is 0 Å². The van der Waals surface area contributed by atoms with Crippen LogP contribution in [0.5, 0.6) is 0 Å². The Bertz CT molecular complexity index is 142. The van der Waals surface area contributed by atoms with Gasteiger partial charge >= 0.3 is 0 Å². The Balaban J connectivity index is 2.67. The Morgan fingerprint density at radius 3 is 2.40 bits per heavy atom. The van der Waals surface area contributed by atoms with Gasteiger partial charge in [-0.3, -0.25) is 0 Å². The van der Waals surface area contributed by atoms with Crippen molar-refractivity contribution < 1.29 is 9.18 Å². The molecule has 1 saturated carbocycles. The fourth-order valence-electron chi connectivity index (χ4n) is 1.64. The van der Waals surface area contributed by atoms with Gasteiger partial charge in [0.2, 0.25) is 0 Å². The van der Waals surface area contributed by atoms with Gasteiger partial charge in [0.25, 0.3) is 0 Å². The van der Waals surface area contributed by atoms with Crippen LogP contribution in [0.15, 0.2) is 0 Å². The summed E-state index contributed by atoms with van der Waals surface area (Å²) < 4.78 is 12.7. The summed E-state index contributed by atoms with van der Waals surface area (Å²) in [6.07, 6.45) is 1.09. The SMILES string of the molecule is CC1(C)C[C@@H](F)CC1C=O. The topological polar surface area (TPSA) is 17.1 Å². The maximum absolute atomic E-state index is 12.7. The summed E-state index contributed by atoms with van der Waals surface area (Å²) in [6, 6.07) is 0. The van der Waals surface area contributed by atoms with Crippen molar-refractivity contribution in [3.05, 3.63) is 0 Å². The summed E-state index contributed by atoms with van der Waals surface area (Å²) in [5.74, 6) is -0.0671. The van der Waals surface area contributed by atoms with E-state index < -0.39 is 6.17 Å². The molecule has 0 radical (unpaired) electrons. The van der Waals surface area contributed by atoms with Crippen LogP contribution in [-0.2, 0) is 4.79 Å². The van der Waals surface area contributed by atoms with Crippen LogP contribution in [-0.4, -0.2) is 12.5 Å². The minimum Gasteiger partial charge on any atom is -0.303 e. The Kier molecular flexibility index (Phi) is 1.80. The zero-order chi connectivity index (χ0) is 7.78. The molecule has 1 unspecified atom stereocenters. The molecule has 0 aliphatic heterocycles. The van der Waals surface area contributed by atoms with Crippen molar-refractivity contribution in [2.75, 3.05) is 0 Å². The lowest BCUT2D eigenvalue weighted by Crippen LogP contribution is -2.17. The van der Waals surface area contributed by atoms with Crippen LogP contribution in [0.4, 0.5) is 4.39 Å². The van der Waals surface area contributed by atoms with E-state index in [4.69, 9.17) is 0 Å². The second-order valence-corrected chi connectivity index (χ2v) is 3.77. The molecule has 0 aromatic carbocycles. The van der Waals surface area contributed by atoms with E-state index in [2.05, 4.69) is 0 Å². The highest BCUT2D eigenvalue weighted by atomic mass is 19.1. The summed E-state index contributed by atoms with van der Waals surface area (Å²) in [4.78, 5) is 10.4. The lowest BCUT2D eigenvalue weighted by molar-refractivity contribution is -0.113. The average molecular weight is 144 g/mol. The van der Waals surface area contributed by atoms with E-state index in [0.29, 0.717) is 12.8 Å². The van der Waals surface area contributed by atoms with Crippen LogP contribution < -0.4 is 0 Å². The molecule has 1 aliphatic rings. The Morgan fingerprint density at radius 1 is 1.60 bits per heavy atom. The van der Waals surface area contributed by atoms with Crippen molar-refractivity contribution in [1.29, 1.82) is 0 Å². The van der Waals surface area contributed by atoms with Gasteiger partial charge in [0, 0.05) is 5.92 Å². The number of carbonyl (C=O) groups is 1. The number of hydrogen-bond donors (Lipinski definition) is 0. The van der Waals surface area contributed by atoms with Crippen LogP contribution in [0.1, 0.15) is 26.7 Å². The standard InChI is InChI=1S/C8H13FO/c1-8(2)4-7(9)3-6(8)5-10/h5-7H,3-4H2,1-2H3/t6?,7-/m0/s1. The lowest BCUT2D eigenvalue weighted by atomic mass is 9.83. The van der Waals surface area contributed by atoms with Crippen molar-refractivity contribution in [2.24, 2.45) is 11.3 Å². The van der Waals surface area contributed by atoms with Gasteiger partial charge in [-0.25, -0.2) is 4.39 Å². The van der Waals surface area contributed by atoms with E-state index in [0.717, 1.165) is 6.29 Å². The molecule has 0 saturated heterocycles. The molecule has 2 atom stereocenters. The number of hydrogen-bond acceptors (Lipinski definition) is 1. The van der Waals surface area contributed by atoms with E-state index >= 15 is 0 Å². The van der Waals surface area contributed by atoms with Crippen LogP contribution in [0.25, 0.3) is 0 Å². The van der Waals surface area contributed by atoms with Gasteiger partial charge in [-0.1, -0.05) is 13.8 Å². The van der Waals surface area contributed by atoms with Crippen molar-refractivity contribution in [1.82, 2.24) is 0 Å². The lowest BCUT2D eigenvalue weighted by Gasteiger charge is -2.20. The van der Waals surface area contributed by atoms with E-state index in [1.807, 2.05) is 13.8 Å². The molecule has 0 amide bonds. The highest BCUT2D eigenvalue weighted by Crippen LogP contribution is 2.42. The second kappa shape index (κ2) is 2.33. The highest BCUT2D eigenvalue weighted by Gasteiger charge is 2.40. The first-order chi connectivity index (χ1) is 4.56. The normalized spacial score (nSPS) is 37.9. The molecule has 10 heavy (non-hydrogen) atoms. The zero-order valence-corrected chi connectivity index (χ0v) is 6.43. The van der Waals surface area contributed by atoms with Crippen LogP contribution in [0, 0.1) is 11.3 Å². The third-order valence-electron chi connectivity index (χ3n) is 2.43. The summed E-state index contributed by atoms with van der Waals surface area (Å²) in [7, 11) is 0. The molecule has 0 aromatic heterocycles. The summed E-state index contributed by atoms with van der Waals surface area (Å²) >= 11 is 0. The summed E-state index contributed by atoms with van der Waals surface area (Å²) in [5, 5.41) is 0. The molecule has 1 nitrogen and oxygen atoms in total. The monoisotopic (exact) mass is 144 g/mol. The van der Waals surface area contributed by atoms with Crippen LogP contribution >= 0.6 is 0 Å². The first-order valence-electron chi connectivity index (χ1n) is 3.65. The molecule has 0 N–H and O–H groups in total. The molecule has 0 heterocycles. The van der Waals surface area contributed by atoms with E-state index in [1.165, 1.54) is 0 Å². The van der Waals surface area contributed by atoms with Crippen molar-refractivity contribution in [3.63, 3.8) is 0 Å². The van der Waals surface area contributed by atoms with Crippen molar-refractivity contribution in [2.45, 2.75) is 32.9 Å². The number of rotatable bonds is 1. The molecule has 2 heteroatoms. The van der Waals surface area contributed by atoms with E-state index in [9.17, 15) is 9.18 Å². The Labute approximate surface area is 60.6 Å². The largest absolute Gasteiger partial charge is 0.303 e. The van der Waals surface area contributed by atoms with Gasteiger partial charge in [0.15, 0.2) is 0 Å². The Hall–Kier alpha value is -0.400. The molecule has 0 bridgehead atoms. The first kappa shape index (κ1) is 7.70. The number of alkyl halides is 1. The predicted molar refractivity (Wildman–Crippen MR) is 37.5 cm³/mol. The van der Waals surface area contributed by atoms with Crippen LogP contribution in [0.2, 0.25) is 0 Å². The van der Waals surface area contributed by atoms with Gasteiger partial charge in [-0.05, 0) is 18.3 Å². The summed E-state index contributed by atoms with van der Waals surface area (Å²) in [6.45, 7) is 3.90. The third kappa shape index (κ3) is 1.20. The van der Waals surface area contributed by atoms with Gasteiger partial charge in [-0.15, -0.1) is 0 Å². The maximum atomic E-state index is 12.7. The smallest absolute Gasteiger partial charge is 0.123 e. The van der Waals surface area contributed by atoms with E-state index in [1.54, 1.807) is 0 Å². The molecule has 58 valence electrons. The van der Waals surface area contributed by atoms with Gasteiger partial charge in [0.05, 0.1) is 0 Å². The number of halogens is 1.